The summed E-state index contributed by atoms with van der Waals surface area (Å²) in [5.41, 5.74) is 0.0240. The zero-order chi connectivity index (χ0) is 14.6. The van der Waals surface area contributed by atoms with Gasteiger partial charge in [-0.25, -0.2) is 4.98 Å². The van der Waals surface area contributed by atoms with Crippen LogP contribution in [0.25, 0.3) is 0 Å². The van der Waals surface area contributed by atoms with Gasteiger partial charge in [0.15, 0.2) is 0 Å². The first-order valence-corrected chi connectivity index (χ1v) is 8.75. The number of hydrogen-bond donors (Lipinski definition) is 0. The van der Waals surface area contributed by atoms with Crippen molar-refractivity contribution in [1.82, 2.24) is 9.55 Å². The smallest absolute Gasteiger partial charge is 0.267 e. The van der Waals surface area contributed by atoms with Crippen LogP contribution in [0.15, 0.2) is 21.8 Å². The van der Waals surface area contributed by atoms with Crippen molar-refractivity contribution in [3.05, 3.63) is 27.4 Å². The fourth-order valence-corrected chi connectivity index (χ4v) is 2.70. The van der Waals surface area contributed by atoms with Gasteiger partial charge in [0.2, 0.25) is 0 Å². The largest absolute Gasteiger partial charge is 0.298 e. The van der Waals surface area contributed by atoms with E-state index in [0.29, 0.717) is 4.47 Å². The summed E-state index contributed by atoms with van der Waals surface area (Å²) in [6.45, 7) is 3.04. The lowest BCUT2D eigenvalue weighted by Crippen LogP contribution is -2.20. The van der Waals surface area contributed by atoms with Crippen LogP contribution < -0.4 is 5.56 Å². The van der Waals surface area contributed by atoms with E-state index in [-0.39, 0.29) is 5.56 Å². The van der Waals surface area contributed by atoms with E-state index in [2.05, 4.69) is 27.8 Å². The zero-order valence-electron chi connectivity index (χ0n) is 12.6. The van der Waals surface area contributed by atoms with Gasteiger partial charge in [0.1, 0.15) is 4.47 Å². The van der Waals surface area contributed by atoms with Gasteiger partial charge in [-0.05, 0) is 22.4 Å². The lowest BCUT2D eigenvalue weighted by atomic mass is 10.1. The minimum Gasteiger partial charge on any atom is -0.298 e. The van der Waals surface area contributed by atoms with E-state index in [0.717, 1.165) is 13.0 Å². The molecule has 0 aliphatic heterocycles. The molecule has 3 nitrogen and oxygen atoms in total. The van der Waals surface area contributed by atoms with Gasteiger partial charge in [0.25, 0.3) is 5.56 Å². The van der Waals surface area contributed by atoms with Crippen LogP contribution in [-0.2, 0) is 6.54 Å². The van der Waals surface area contributed by atoms with Gasteiger partial charge in [0.05, 0.1) is 6.33 Å². The van der Waals surface area contributed by atoms with Gasteiger partial charge in [-0.3, -0.25) is 9.36 Å². The molecule has 1 heterocycles. The van der Waals surface area contributed by atoms with Crippen molar-refractivity contribution in [3.63, 3.8) is 0 Å². The van der Waals surface area contributed by atoms with Gasteiger partial charge >= 0.3 is 0 Å². The highest BCUT2D eigenvalue weighted by molar-refractivity contribution is 9.10. The van der Waals surface area contributed by atoms with E-state index in [4.69, 9.17) is 0 Å². The summed E-state index contributed by atoms with van der Waals surface area (Å²) in [5.74, 6) is 0. The summed E-state index contributed by atoms with van der Waals surface area (Å²) in [6.07, 6.45) is 16.3. The molecule has 114 valence electrons. The van der Waals surface area contributed by atoms with Crippen molar-refractivity contribution >= 4 is 15.9 Å². The van der Waals surface area contributed by atoms with Crippen molar-refractivity contribution < 1.29 is 0 Å². The number of nitrogens with zero attached hydrogens (tertiary/aromatic N) is 2. The van der Waals surface area contributed by atoms with Crippen LogP contribution in [0.4, 0.5) is 0 Å². The summed E-state index contributed by atoms with van der Waals surface area (Å²) in [4.78, 5) is 15.8. The Kier molecular flexibility index (Phi) is 9.63. The summed E-state index contributed by atoms with van der Waals surface area (Å²) < 4.78 is 2.24. The molecule has 0 bridgehead atoms. The Hall–Kier alpha value is -0.640. The van der Waals surface area contributed by atoms with Crippen LogP contribution in [0, 0.1) is 0 Å². The molecule has 0 radical (unpaired) electrons. The van der Waals surface area contributed by atoms with Crippen molar-refractivity contribution in [3.8, 4) is 0 Å². The molecule has 20 heavy (non-hydrogen) atoms. The molecular formula is C16H27BrN2O. The van der Waals surface area contributed by atoms with Crippen LogP contribution in [0.1, 0.15) is 71.1 Å². The molecule has 1 rings (SSSR count). The van der Waals surface area contributed by atoms with E-state index < -0.39 is 0 Å². The molecule has 0 atom stereocenters. The molecule has 0 saturated heterocycles. The van der Waals surface area contributed by atoms with Gasteiger partial charge in [0, 0.05) is 12.7 Å². The summed E-state index contributed by atoms with van der Waals surface area (Å²) in [7, 11) is 0. The lowest BCUT2D eigenvalue weighted by molar-refractivity contribution is 0.527. The molecule has 0 aliphatic carbocycles. The van der Waals surface area contributed by atoms with E-state index in [1.165, 1.54) is 57.8 Å². The molecule has 0 fully saturated rings. The molecule has 0 aromatic carbocycles. The lowest BCUT2D eigenvalue weighted by Gasteiger charge is -2.05. The Morgan fingerprint density at radius 3 is 2.15 bits per heavy atom. The van der Waals surface area contributed by atoms with Gasteiger partial charge in [-0.15, -0.1) is 0 Å². The van der Waals surface area contributed by atoms with Crippen LogP contribution in [-0.4, -0.2) is 9.55 Å². The minimum atomic E-state index is 0.0240. The Balaban J connectivity index is 2.00. The van der Waals surface area contributed by atoms with E-state index >= 15 is 0 Å². The minimum absolute atomic E-state index is 0.0240. The molecular weight excluding hydrogens is 316 g/mol. The third kappa shape index (κ3) is 7.22. The first kappa shape index (κ1) is 17.4. The predicted molar refractivity (Wildman–Crippen MR) is 88.0 cm³/mol. The van der Waals surface area contributed by atoms with Crippen molar-refractivity contribution in [2.45, 2.75) is 77.7 Å². The van der Waals surface area contributed by atoms with E-state index in [9.17, 15) is 4.79 Å². The summed E-state index contributed by atoms with van der Waals surface area (Å²) in [5, 5.41) is 0. The number of aryl methyl sites for hydroxylation is 1. The normalized spacial score (nSPS) is 10.9. The van der Waals surface area contributed by atoms with E-state index in [1.807, 2.05) is 0 Å². The highest BCUT2D eigenvalue weighted by Crippen LogP contribution is 2.10. The van der Waals surface area contributed by atoms with Crippen molar-refractivity contribution in [1.29, 1.82) is 0 Å². The maximum Gasteiger partial charge on any atom is 0.267 e. The van der Waals surface area contributed by atoms with Gasteiger partial charge in [-0.1, -0.05) is 64.7 Å². The number of aromatic nitrogens is 2. The fourth-order valence-electron chi connectivity index (χ4n) is 2.35. The number of rotatable bonds is 11. The molecule has 0 N–H and O–H groups in total. The van der Waals surface area contributed by atoms with Crippen molar-refractivity contribution in [2.24, 2.45) is 0 Å². The Morgan fingerprint density at radius 1 is 1.00 bits per heavy atom. The molecule has 0 unspecified atom stereocenters. The Labute approximate surface area is 130 Å². The second-order valence-corrected chi connectivity index (χ2v) is 6.28. The van der Waals surface area contributed by atoms with E-state index in [1.54, 1.807) is 17.1 Å². The van der Waals surface area contributed by atoms with Gasteiger partial charge < -0.3 is 0 Å². The quantitative estimate of drug-likeness (QED) is 0.534. The first-order chi connectivity index (χ1) is 9.75. The van der Waals surface area contributed by atoms with Crippen LogP contribution in [0.3, 0.4) is 0 Å². The molecule has 0 saturated carbocycles. The average Bonchev–Trinajstić information content (AvgIpc) is 2.45. The first-order valence-electron chi connectivity index (χ1n) is 7.95. The molecule has 0 amide bonds. The maximum atomic E-state index is 11.7. The standard InChI is InChI=1S/C16H27BrN2O/c1-2-3-4-5-6-7-8-9-10-11-12-19-14-18-13-15(17)16(19)20/h13-14H,2-12H2,1H3. The monoisotopic (exact) mass is 342 g/mol. The summed E-state index contributed by atoms with van der Waals surface area (Å²) >= 11 is 3.22. The number of halogens is 1. The third-order valence-electron chi connectivity index (χ3n) is 3.61. The Bertz CT molecular complexity index is 417. The topological polar surface area (TPSA) is 34.9 Å². The molecule has 4 heteroatoms. The van der Waals surface area contributed by atoms with Crippen molar-refractivity contribution in [2.75, 3.05) is 0 Å². The summed E-state index contributed by atoms with van der Waals surface area (Å²) in [6, 6.07) is 0. The SMILES string of the molecule is CCCCCCCCCCCCn1cncc(Br)c1=O. The maximum absolute atomic E-state index is 11.7. The molecule has 0 aliphatic rings. The van der Waals surface area contributed by atoms with Crippen LogP contribution in [0.2, 0.25) is 0 Å². The molecule has 1 aromatic rings. The number of hydrogen-bond acceptors (Lipinski definition) is 2. The third-order valence-corrected chi connectivity index (χ3v) is 4.16. The highest BCUT2D eigenvalue weighted by atomic mass is 79.9. The molecule has 0 spiro atoms. The highest BCUT2D eigenvalue weighted by Gasteiger charge is 2.00. The zero-order valence-corrected chi connectivity index (χ0v) is 14.2. The number of unbranched alkanes of at least 4 members (excludes halogenated alkanes) is 9. The predicted octanol–water partition coefficient (Wildman–Crippen LogP) is 4.93. The average molecular weight is 343 g/mol. The Morgan fingerprint density at radius 2 is 1.55 bits per heavy atom. The van der Waals surface area contributed by atoms with Crippen LogP contribution >= 0.6 is 15.9 Å². The molecule has 1 aromatic heterocycles. The fraction of sp³-hybridized carbons (Fsp3) is 0.750. The van der Waals surface area contributed by atoms with Crippen LogP contribution in [0.5, 0.6) is 0 Å². The van der Waals surface area contributed by atoms with Gasteiger partial charge in [-0.2, -0.15) is 0 Å². The second-order valence-electron chi connectivity index (χ2n) is 5.42. The second kappa shape index (κ2) is 11.1.